The van der Waals surface area contributed by atoms with Crippen molar-refractivity contribution in [3.8, 4) is 10.6 Å². The van der Waals surface area contributed by atoms with E-state index in [0.717, 1.165) is 11.1 Å². The molecule has 0 bridgehead atoms. The van der Waals surface area contributed by atoms with Gasteiger partial charge in [0.1, 0.15) is 5.69 Å². The van der Waals surface area contributed by atoms with E-state index >= 15 is 0 Å². The van der Waals surface area contributed by atoms with Crippen LogP contribution in [0.15, 0.2) is 28.9 Å². The molecule has 3 aromatic heterocycles. The van der Waals surface area contributed by atoms with E-state index in [0.29, 0.717) is 15.8 Å². The maximum atomic E-state index is 11.1. The number of thiophene rings is 1. The molecule has 3 heterocycles. The van der Waals surface area contributed by atoms with Crippen molar-refractivity contribution in [1.29, 1.82) is 0 Å². The molecule has 23 heavy (non-hydrogen) atoms. The molecule has 0 unspecified atom stereocenters. The van der Waals surface area contributed by atoms with Gasteiger partial charge in [0.25, 0.3) is 0 Å². The fourth-order valence-corrected chi connectivity index (χ4v) is 2.93. The van der Waals surface area contributed by atoms with Gasteiger partial charge in [-0.25, -0.2) is 14.6 Å². The van der Waals surface area contributed by atoms with E-state index in [-0.39, 0.29) is 18.1 Å². The van der Waals surface area contributed by atoms with Gasteiger partial charge in [-0.15, -0.1) is 11.3 Å². The lowest BCUT2D eigenvalue weighted by Crippen LogP contribution is -2.10. The van der Waals surface area contributed by atoms with Gasteiger partial charge in [0.2, 0.25) is 5.82 Å². The first-order chi connectivity index (χ1) is 10.9. The number of aromatic nitrogens is 3. The topological polar surface area (TPSA) is 118 Å². The number of nitrogens with zero attached hydrogens (tertiary/aromatic N) is 3. The van der Waals surface area contributed by atoms with E-state index in [1.807, 2.05) is 0 Å². The Morgan fingerprint density at radius 2 is 2.09 bits per heavy atom. The minimum Gasteiger partial charge on any atom is -0.476 e. The molecule has 0 saturated heterocycles. The van der Waals surface area contributed by atoms with Crippen LogP contribution in [-0.4, -0.2) is 36.9 Å². The minimum absolute atomic E-state index is 0.0184. The van der Waals surface area contributed by atoms with Crippen LogP contribution in [0.3, 0.4) is 0 Å². The second kappa shape index (κ2) is 5.86. The highest BCUT2D eigenvalue weighted by Gasteiger charge is 2.19. The van der Waals surface area contributed by atoms with E-state index in [4.69, 9.17) is 26.3 Å². The molecular formula is C13H8ClN3O5S. The molecule has 118 valence electrons. The summed E-state index contributed by atoms with van der Waals surface area (Å²) in [4.78, 5) is 26.4. The molecule has 0 spiro atoms. The lowest BCUT2D eigenvalue weighted by Gasteiger charge is -2.00. The SMILES string of the molecule is O=C(O)c1cn(Cc2cc(-c3ccc(Cl)s3)on2)c(C(=O)O)n1. The van der Waals surface area contributed by atoms with Gasteiger partial charge in [0.05, 0.1) is 15.8 Å². The zero-order chi connectivity index (χ0) is 16.6. The third kappa shape index (κ3) is 3.10. The molecule has 3 aromatic rings. The molecule has 3 rings (SSSR count). The number of imidazole rings is 1. The number of carboxylic acids is 2. The van der Waals surface area contributed by atoms with E-state index < -0.39 is 11.9 Å². The first-order valence-electron chi connectivity index (χ1n) is 6.19. The normalized spacial score (nSPS) is 10.8. The quantitative estimate of drug-likeness (QED) is 0.723. The Morgan fingerprint density at radius 1 is 1.30 bits per heavy atom. The number of hydrogen-bond donors (Lipinski definition) is 2. The first-order valence-corrected chi connectivity index (χ1v) is 7.38. The minimum atomic E-state index is -1.33. The van der Waals surface area contributed by atoms with Crippen LogP contribution in [0, 0.1) is 0 Å². The van der Waals surface area contributed by atoms with Crippen molar-refractivity contribution in [2.75, 3.05) is 0 Å². The molecule has 0 aliphatic rings. The van der Waals surface area contributed by atoms with Gasteiger partial charge in [-0.3, -0.25) is 0 Å². The van der Waals surface area contributed by atoms with Crippen molar-refractivity contribution in [2.24, 2.45) is 0 Å². The summed E-state index contributed by atoms with van der Waals surface area (Å²) >= 11 is 7.18. The summed E-state index contributed by atoms with van der Waals surface area (Å²) in [6, 6.07) is 5.13. The molecule has 0 aliphatic heterocycles. The molecule has 0 saturated carbocycles. The summed E-state index contributed by atoms with van der Waals surface area (Å²) < 4.78 is 6.99. The van der Waals surface area contributed by atoms with Gasteiger partial charge in [0, 0.05) is 12.3 Å². The highest BCUT2D eigenvalue weighted by Crippen LogP contribution is 2.31. The lowest BCUT2D eigenvalue weighted by molar-refractivity contribution is 0.0678. The van der Waals surface area contributed by atoms with E-state index in [9.17, 15) is 9.59 Å². The second-order valence-corrected chi connectivity index (χ2v) is 6.19. The molecule has 0 fully saturated rings. The molecule has 8 nitrogen and oxygen atoms in total. The third-order valence-electron chi connectivity index (χ3n) is 2.89. The summed E-state index contributed by atoms with van der Waals surface area (Å²) in [5.41, 5.74) is 0.0810. The molecule has 0 radical (unpaired) electrons. The number of rotatable bonds is 5. The zero-order valence-electron chi connectivity index (χ0n) is 11.3. The number of carbonyl (C=O) groups is 2. The second-order valence-electron chi connectivity index (χ2n) is 4.47. The lowest BCUT2D eigenvalue weighted by atomic mass is 10.3. The van der Waals surface area contributed by atoms with Gasteiger partial charge in [-0.05, 0) is 12.1 Å². The highest BCUT2D eigenvalue weighted by molar-refractivity contribution is 7.19. The van der Waals surface area contributed by atoms with E-state index in [1.54, 1.807) is 18.2 Å². The molecule has 0 atom stereocenters. The average Bonchev–Trinajstić information content (AvgIpc) is 3.18. The van der Waals surface area contributed by atoms with Crippen LogP contribution in [-0.2, 0) is 6.54 Å². The fourth-order valence-electron chi connectivity index (χ4n) is 1.93. The monoisotopic (exact) mass is 353 g/mol. The Bertz CT molecular complexity index is 897. The van der Waals surface area contributed by atoms with Crippen molar-refractivity contribution >= 4 is 34.9 Å². The van der Waals surface area contributed by atoms with Crippen molar-refractivity contribution in [1.82, 2.24) is 14.7 Å². The number of carboxylic acid groups (broad SMARTS) is 2. The highest BCUT2D eigenvalue weighted by atomic mass is 35.5. The predicted octanol–water partition coefficient (Wildman–Crippen LogP) is 2.70. The fraction of sp³-hybridized carbons (Fsp3) is 0.0769. The average molecular weight is 354 g/mol. The maximum Gasteiger partial charge on any atom is 0.372 e. The van der Waals surface area contributed by atoms with Crippen LogP contribution in [0.25, 0.3) is 10.6 Å². The Morgan fingerprint density at radius 3 is 2.70 bits per heavy atom. The van der Waals surface area contributed by atoms with Crippen LogP contribution in [0.2, 0.25) is 4.34 Å². The van der Waals surface area contributed by atoms with E-state index in [2.05, 4.69) is 10.1 Å². The maximum absolute atomic E-state index is 11.1. The number of aromatic carboxylic acids is 2. The van der Waals surface area contributed by atoms with Crippen LogP contribution in [0.1, 0.15) is 26.8 Å². The molecular weight excluding hydrogens is 346 g/mol. The largest absolute Gasteiger partial charge is 0.476 e. The van der Waals surface area contributed by atoms with Gasteiger partial charge >= 0.3 is 11.9 Å². The van der Waals surface area contributed by atoms with Crippen LogP contribution >= 0.6 is 22.9 Å². The predicted molar refractivity (Wildman–Crippen MR) is 80.1 cm³/mol. The van der Waals surface area contributed by atoms with Crippen LogP contribution in [0.5, 0.6) is 0 Å². The Labute approximate surface area is 137 Å². The Hall–Kier alpha value is -2.65. The van der Waals surface area contributed by atoms with Gasteiger partial charge in [0.15, 0.2) is 11.5 Å². The van der Waals surface area contributed by atoms with Gasteiger partial charge in [-0.2, -0.15) is 0 Å². The Kier molecular flexibility index (Phi) is 3.89. The van der Waals surface area contributed by atoms with Crippen LogP contribution < -0.4 is 0 Å². The third-order valence-corrected chi connectivity index (χ3v) is 4.14. The summed E-state index contributed by atoms with van der Waals surface area (Å²) in [5, 5.41) is 21.9. The first kappa shape index (κ1) is 15.3. The summed E-state index contributed by atoms with van der Waals surface area (Å²) in [5.74, 6) is -2.52. The molecule has 0 aromatic carbocycles. The van der Waals surface area contributed by atoms with Crippen molar-refractivity contribution in [2.45, 2.75) is 6.54 Å². The number of hydrogen-bond acceptors (Lipinski definition) is 6. The molecule has 10 heteroatoms. The van der Waals surface area contributed by atoms with E-state index in [1.165, 1.54) is 15.9 Å². The van der Waals surface area contributed by atoms with Gasteiger partial charge < -0.3 is 19.3 Å². The summed E-state index contributed by atoms with van der Waals surface area (Å²) in [7, 11) is 0. The molecule has 0 aliphatic carbocycles. The van der Waals surface area contributed by atoms with Crippen LogP contribution in [0.4, 0.5) is 0 Å². The summed E-state index contributed by atoms with van der Waals surface area (Å²) in [6.07, 6.45) is 1.14. The van der Waals surface area contributed by atoms with Gasteiger partial charge in [-0.1, -0.05) is 16.8 Å². The molecule has 0 amide bonds. The standard InChI is InChI=1S/C13H8ClN3O5S/c14-10-2-1-9(23-10)8-3-6(16-22-8)4-17-5-7(12(18)19)15-11(17)13(20)21/h1-3,5H,4H2,(H,18,19)(H,20,21). The smallest absolute Gasteiger partial charge is 0.372 e. The molecule has 2 N–H and O–H groups in total. The van der Waals surface area contributed by atoms with Crippen molar-refractivity contribution in [3.05, 3.63) is 45.9 Å². The zero-order valence-corrected chi connectivity index (χ0v) is 12.8. The number of halogens is 1. The summed E-state index contributed by atoms with van der Waals surface area (Å²) in [6.45, 7) is 0.0184. The van der Waals surface area contributed by atoms with Crippen molar-refractivity contribution in [3.63, 3.8) is 0 Å². The van der Waals surface area contributed by atoms with Crippen molar-refractivity contribution < 1.29 is 24.3 Å². The Balaban J connectivity index is 1.89.